The summed E-state index contributed by atoms with van der Waals surface area (Å²) < 4.78 is 0. The number of aryl methyl sites for hydroxylation is 4. The molecule has 0 nitrogen and oxygen atoms in total. The van der Waals surface area contributed by atoms with Crippen molar-refractivity contribution >= 4 is 12.2 Å². The van der Waals surface area contributed by atoms with Gasteiger partial charge in [-0.15, -0.1) is 0 Å². The average molecular weight is 521 g/mol. The van der Waals surface area contributed by atoms with Gasteiger partial charge in [0.1, 0.15) is 0 Å². The highest BCUT2D eigenvalue weighted by atomic mass is 14.5. The van der Waals surface area contributed by atoms with Crippen LogP contribution in [0.1, 0.15) is 76.6 Å². The van der Waals surface area contributed by atoms with E-state index < -0.39 is 0 Å². The van der Waals surface area contributed by atoms with Crippen molar-refractivity contribution in [2.24, 2.45) is 5.41 Å². The minimum Gasteiger partial charge on any atom is -0.0613 e. The molecule has 0 atom stereocenters. The van der Waals surface area contributed by atoms with Gasteiger partial charge in [0.15, 0.2) is 0 Å². The highest BCUT2D eigenvalue weighted by molar-refractivity contribution is 5.86. The van der Waals surface area contributed by atoms with E-state index in [0.29, 0.717) is 0 Å². The second-order valence-corrected chi connectivity index (χ2v) is 12.7. The molecule has 1 saturated carbocycles. The molecular weight excluding hydrogens is 480 g/mol. The average Bonchev–Trinajstić information content (AvgIpc) is 3.61. The second kappa shape index (κ2) is 9.77. The molecule has 0 amide bonds. The summed E-state index contributed by atoms with van der Waals surface area (Å²) in [6.07, 6.45) is 14.0. The lowest BCUT2D eigenvalue weighted by atomic mass is 9.63. The molecule has 0 aromatic heterocycles. The van der Waals surface area contributed by atoms with Crippen LogP contribution < -0.4 is 0 Å². The van der Waals surface area contributed by atoms with Gasteiger partial charge in [-0.3, -0.25) is 0 Å². The predicted octanol–water partition coefficient (Wildman–Crippen LogP) is 10.8. The van der Waals surface area contributed by atoms with Gasteiger partial charge in [-0.05, 0) is 109 Å². The van der Waals surface area contributed by atoms with Crippen LogP contribution in [-0.2, 0) is 12.8 Å². The van der Waals surface area contributed by atoms with E-state index in [1.165, 1.54) is 98.9 Å². The molecule has 0 aliphatic heterocycles. The summed E-state index contributed by atoms with van der Waals surface area (Å²) in [4.78, 5) is 0. The first-order valence-corrected chi connectivity index (χ1v) is 15.2. The lowest BCUT2D eigenvalue weighted by Gasteiger charge is -2.40. The summed E-state index contributed by atoms with van der Waals surface area (Å²) in [7, 11) is 0. The molecule has 4 aromatic carbocycles. The maximum Gasteiger partial charge on any atom is 0.0134 e. The van der Waals surface area contributed by atoms with E-state index in [9.17, 15) is 0 Å². The fourth-order valence-corrected chi connectivity index (χ4v) is 7.88. The minimum absolute atomic E-state index is 0.175. The molecule has 0 heteroatoms. The maximum absolute atomic E-state index is 2.62. The van der Waals surface area contributed by atoms with E-state index in [2.05, 4.69) is 113 Å². The van der Waals surface area contributed by atoms with Crippen LogP contribution in [0, 0.1) is 33.1 Å². The summed E-state index contributed by atoms with van der Waals surface area (Å²) in [5.41, 5.74) is 20.4. The van der Waals surface area contributed by atoms with Gasteiger partial charge in [0, 0.05) is 5.41 Å². The first-order valence-electron chi connectivity index (χ1n) is 15.2. The number of hydrogen-bond donors (Lipinski definition) is 0. The molecule has 3 aliphatic rings. The van der Waals surface area contributed by atoms with Crippen LogP contribution in [0.3, 0.4) is 0 Å². The third-order valence-electron chi connectivity index (χ3n) is 10.1. The van der Waals surface area contributed by atoms with Gasteiger partial charge in [-0.1, -0.05) is 126 Å². The minimum atomic E-state index is 0.175. The second-order valence-electron chi connectivity index (χ2n) is 12.7. The van der Waals surface area contributed by atoms with Gasteiger partial charge in [0.25, 0.3) is 0 Å². The fraction of sp³-hybridized carbons (Fsp3) is 0.300. The van der Waals surface area contributed by atoms with Crippen LogP contribution in [0.2, 0.25) is 0 Å². The molecule has 200 valence electrons. The van der Waals surface area contributed by atoms with E-state index in [1.807, 2.05) is 0 Å². The Morgan fingerprint density at radius 3 is 1.45 bits per heavy atom. The molecule has 7 rings (SSSR count). The Labute approximate surface area is 240 Å². The Kier molecular flexibility index (Phi) is 6.19. The molecule has 0 unspecified atom stereocenters. The van der Waals surface area contributed by atoms with E-state index in [1.54, 1.807) is 11.1 Å². The molecule has 0 bridgehead atoms. The zero-order valence-electron chi connectivity index (χ0n) is 24.5. The van der Waals surface area contributed by atoms with E-state index in [4.69, 9.17) is 0 Å². The largest absolute Gasteiger partial charge is 0.0613 e. The number of benzene rings is 4. The van der Waals surface area contributed by atoms with Crippen LogP contribution >= 0.6 is 0 Å². The Balaban J connectivity index is 1.34. The third-order valence-corrected chi connectivity index (χ3v) is 10.1. The molecule has 0 saturated heterocycles. The number of allylic oxidation sites excluding steroid dienone is 2. The fourth-order valence-electron chi connectivity index (χ4n) is 7.88. The maximum atomic E-state index is 2.62. The van der Waals surface area contributed by atoms with Crippen molar-refractivity contribution in [3.63, 3.8) is 0 Å². The van der Waals surface area contributed by atoms with E-state index in [-0.39, 0.29) is 5.41 Å². The highest BCUT2D eigenvalue weighted by Gasteiger charge is 2.42. The van der Waals surface area contributed by atoms with Crippen molar-refractivity contribution in [2.75, 3.05) is 0 Å². The van der Waals surface area contributed by atoms with Gasteiger partial charge in [-0.2, -0.15) is 0 Å². The zero-order valence-corrected chi connectivity index (χ0v) is 24.5. The van der Waals surface area contributed by atoms with Crippen LogP contribution in [0.15, 0.2) is 83.9 Å². The van der Waals surface area contributed by atoms with E-state index in [0.717, 1.165) is 12.8 Å². The highest BCUT2D eigenvalue weighted by Crippen LogP contribution is 2.55. The summed E-state index contributed by atoms with van der Waals surface area (Å²) in [5, 5.41) is 0. The topological polar surface area (TPSA) is 0 Å². The smallest absolute Gasteiger partial charge is 0.0134 e. The Morgan fingerprint density at radius 1 is 0.500 bits per heavy atom. The van der Waals surface area contributed by atoms with Crippen molar-refractivity contribution in [1.29, 1.82) is 0 Å². The van der Waals surface area contributed by atoms with Gasteiger partial charge < -0.3 is 0 Å². The molecule has 0 radical (unpaired) electrons. The molecule has 40 heavy (non-hydrogen) atoms. The molecule has 0 heterocycles. The normalized spacial score (nSPS) is 17.3. The lowest BCUT2D eigenvalue weighted by Crippen LogP contribution is -2.29. The van der Waals surface area contributed by atoms with Gasteiger partial charge in [-0.25, -0.2) is 0 Å². The Bertz CT molecular complexity index is 1580. The quantitative estimate of drug-likeness (QED) is 0.251. The van der Waals surface area contributed by atoms with Crippen molar-refractivity contribution in [2.45, 2.75) is 72.6 Å². The summed E-state index contributed by atoms with van der Waals surface area (Å²) in [6, 6.07) is 27.8. The molecular formula is C40H40. The SMILES string of the molecule is Cc1ccc(C)c(-c2cccc3c2C=C(C2(C4=Cc5c(cccc5-c5cc(C)ccc5C)C4)CCCCC2)C3)c1. The molecule has 1 fully saturated rings. The summed E-state index contributed by atoms with van der Waals surface area (Å²) >= 11 is 0. The van der Waals surface area contributed by atoms with Crippen LogP contribution in [-0.4, -0.2) is 0 Å². The molecule has 0 N–H and O–H groups in total. The van der Waals surface area contributed by atoms with Gasteiger partial charge in [0.2, 0.25) is 0 Å². The van der Waals surface area contributed by atoms with Crippen LogP contribution in [0.5, 0.6) is 0 Å². The monoisotopic (exact) mass is 520 g/mol. The van der Waals surface area contributed by atoms with Gasteiger partial charge in [0.05, 0.1) is 0 Å². The van der Waals surface area contributed by atoms with E-state index >= 15 is 0 Å². The zero-order chi connectivity index (χ0) is 27.4. The Morgan fingerprint density at radius 2 is 0.975 bits per heavy atom. The third kappa shape index (κ3) is 4.12. The number of rotatable bonds is 4. The van der Waals surface area contributed by atoms with Gasteiger partial charge >= 0.3 is 0 Å². The molecule has 0 spiro atoms. The summed E-state index contributed by atoms with van der Waals surface area (Å²) in [5.74, 6) is 0. The predicted molar refractivity (Wildman–Crippen MR) is 172 cm³/mol. The molecule has 3 aliphatic carbocycles. The van der Waals surface area contributed by atoms with Crippen molar-refractivity contribution in [3.8, 4) is 22.3 Å². The van der Waals surface area contributed by atoms with Crippen LogP contribution in [0.25, 0.3) is 34.4 Å². The standard InChI is InChI=1S/C40H40/c1-26-14-16-28(3)36(20-26)34-12-8-10-30-22-32(24-38(30)34)40(18-6-5-7-19-40)33-23-31-11-9-13-35(39(31)25-33)37-21-27(2)15-17-29(37)4/h8-17,20-21,24-25H,5-7,18-19,22-23H2,1-4H3. The van der Waals surface area contributed by atoms with Crippen LogP contribution in [0.4, 0.5) is 0 Å². The summed E-state index contributed by atoms with van der Waals surface area (Å²) in [6.45, 7) is 8.93. The van der Waals surface area contributed by atoms with Crippen molar-refractivity contribution in [3.05, 3.63) is 128 Å². The van der Waals surface area contributed by atoms with Crippen molar-refractivity contribution in [1.82, 2.24) is 0 Å². The first-order chi connectivity index (χ1) is 19.4. The number of fused-ring (bicyclic) bond motifs is 2. The lowest BCUT2D eigenvalue weighted by molar-refractivity contribution is 0.286. The molecule has 4 aromatic rings. The Hall–Kier alpha value is -3.64. The first kappa shape index (κ1) is 25.3. The van der Waals surface area contributed by atoms with Crippen molar-refractivity contribution < 1.29 is 0 Å². The number of hydrogen-bond acceptors (Lipinski definition) is 0.